The fraction of sp³-hybridized carbons (Fsp3) is 0.478. The monoisotopic (exact) mass is 507 g/mol. The van der Waals surface area contributed by atoms with Crippen LogP contribution >= 0.6 is 11.6 Å². The summed E-state index contributed by atoms with van der Waals surface area (Å²) < 4.78 is 39.8. The first kappa shape index (κ1) is 23.8. The Morgan fingerprint density at radius 3 is 2.77 bits per heavy atom. The van der Waals surface area contributed by atoms with E-state index in [2.05, 4.69) is 35.3 Å². The fourth-order valence-corrected chi connectivity index (χ4v) is 5.51. The lowest BCUT2D eigenvalue weighted by Gasteiger charge is -2.46. The Balaban J connectivity index is 1.35. The molecule has 2 aliphatic heterocycles. The number of hydrogen-bond acceptors (Lipinski definition) is 7. The molecule has 0 saturated carbocycles. The molecule has 12 heteroatoms. The molecule has 2 fully saturated rings. The maximum Gasteiger partial charge on any atom is 0.416 e. The highest BCUT2D eigenvalue weighted by molar-refractivity contribution is 6.30. The number of nitrogens with zero attached hydrogens (tertiary/aromatic N) is 5. The number of aromatic amines is 1. The maximum atomic E-state index is 13.3. The third-order valence-electron chi connectivity index (χ3n) is 6.84. The first-order valence-corrected chi connectivity index (χ1v) is 12.0. The van der Waals surface area contributed by atoms with Gasteiger partial charge in [-0.1, -0.05) is 11.6 Å². The molecule has 8 nitrogen and oxygen atoms in total. The van der Waals surface area contributed by atoms with E-state index in [1.807, 2.05) is 0 Å². The number of piperidine rings is 2. The number of H-pyrrole nitrogens is 1. The second-order valence-electron chi connectivity index (χ2n) is 9.06. The van der Waals surface area contributed by atoms with Crippen LogP contribution in [0.4, 0.5) is 24.7 Å². The summed E-state index contributed by atoms with van der Waals surface area (Å²) >= 11 is 5.96. The molecule has 2 N–H and O–H groups in total. The lowest BCUT2D eigenvalue weighted by atomic mass is 9.92. The smallest absolute Gasteiger partial charge is 0.380 e. The predicted molar refractivity (Wildman–Crippen MR) is 127 cm³/mol. The van der Waals surface area contributed by atoms with Gasteiger partial charge in [-0.15, -0.1) is 0 Å². The average molecular weight is 508 g/mol. The summed E-state index contributed by atoms with van der Waals surface area (Å²) in [5, 5.41) is 10.9. The van der Waals surface area contributed by atoms with E-state index >= 15 is 0 Å². The molecule has 35 heavy (non-hydrogen) atoms. The van der Waals surface area contributed by atoms with Gasteiger partial charge in [0.15, 0.2) is 5.65 Å². The van der Waals surface area contributed by atoms with Crippen LogP contribution in [0, 0.1) is 0 Å². The highest BCUT2D eigenvalue weighted by Crippen LogP contribution is 2.35. The largest absolute Gasteiger partial charge is 0.416 e. The normalized spacial score (nSPS) is 24.0. The molecule has 2 aromatic heterocycles. The molecular formula is C23H25ClF3N7O. The Hall–Kier alpha value is -2.92. The second kappa shape index (κ2) is 9.62. The summed E-state index contributed by atoms with van der Waals surface area (Å²) in [5.74, 6) is 0.807. The van der Waals surface area contributed by atoms with Crippen molar-refractivity contribution >= 4 is 40.4 Å². The molecule has 0 radical (unpaired) electrons. The number of fused-ring (bicyclic) bond motifs is 1. The Bertz CT molecular complexity index is 1200. The van der Waals surface area contributed by atoms with Crippen molar-refractivity contribution in [2.24, 2.45) is 0 Å². The molecule has 4 heterocycles. The van der Waals surface area contributed by atoms with Gasteiger partial charge in [-0.2, -0.15) is 18.3 Å². The number of nitrogens with one attached hydrogen (secondary N) is 2. The zero-order valence-electron chi connectivity index (χ0n) is 18.8. The van der Waals surface area contributed by atoms with Gasteiger partial charge >= 0.3 is 6.18 Å². The molecule has 0 aliphatic carbocycles. The average Bonchev–Trinajstić information content (AvgIpc) is 3.32. The molecular weight excluding hydrogens is 483 g/mol. The topological polar surface area (TPSA) is 90.0 Å². The number of anilines is 2. The van der Waals surface area contributed by atoms with Gasteiger partial charge in [0.25, 0.3) is 0 Å². The number of likely N-dealkylation sites (tertiary alicyclic amines) is 1. The Labute approximate surface area is 204 Å². The molecule has 1 aromatic carbocycles. The number of alkyl halides is 3. The number of aromatic nitrogens is 4. The van der Waals surface area contributed by atoms with Gasteiger partial charge in [-0.05, 0) is 50.4 Å². The summed E-state index contributed by atoms with van der Waals surface area (Å²) in [5.41, 5.74) is 0.114. The van der Waals surface area contributed by atoms with E-state index in [4.69, 9.17) is 11.6 Å². The third-order valence-corrected chi connectivity index (χ3v) is 7.05. The molecule has 2 saturated heterocycles. The summed E-state index contributed by atoms with van der Waals surface area (Å²) in [6.07, 6.45) is 2.97. The molecule has 2 unspecified atom stereocenters. The Morgan fingerprint density at radius 2 is 1.97 bits per heavy atom. The number of aldehydes is 1. The van der Waals surface area contributed by atoms with Crippen LogP contribution in [-0.4, -0.2) is 69.1 Å². The summed E-state index contributed by atoms with van der Waals surface area (Å²) in [6, 6.07) is 2.71. The van der Waals surface area contributed by atoms with Crippen molar-refractivity contribution in [1.82, 2.24) is 25.1 Å². The minimum Gasteiger partial charge on any atom is -0.380 e. The molecule has 0 spiro atoms. The van der Waals surface area contributed by atoms with E-state index in [-0.39, 0.29) is 22.8 Å². The van der Waals surface area contributed by atoms with Gasteiger partial charge < -0.3 is 15.0 Å². The lowest BCUT2D eigenvalue weighted by molar-refractivity contribution is -0.137. The van der Waals surface area contributed by atoms with Crippen LogP contribution in [0.1, 0.15) is 31.2 Å². The zero-order chi connectivity index (χ0) is 24.6. The van der Waals surface area contributed by atoms with Crippen molar-refractivity contribution in [3.05, 3.63) is 41.3 Å². The lowest BCUT2D eigenvalue weighted by Crippen LogP contribution is -2.59. The molecule has 3 atom stereocenters. The van der Waals surface area contributed by atoms with Gasteiger partial charge in [0.2, 0.25) is 0 Å². The molecule has 0 bridgehead atoms. The van der Waals surface area contributed by atoms with E-state index in [9.17, 15) is 18.0 Å². The number of rotatable bonds is 5. The molecule has 0 amide bonds. The first-order valence-electron chi connectivity index (χ1n) is 11.6. The summed E-state index contributed by atoms with van der Waals surface area (Å²) in [7, 11) is 0. The summed E-state index contributed by atoms with van der Waals surface area (Å²) in [6.45, 7) is 2.26. The van der Waals surface area contributed by atoms with Crippen molar-refractivity contribution < 1.29 is 18.0 Å². The van der Waals surface area contributed by atoms with Gasteiger partial charge in [0.05, 0.1) is 23.2 Å². The quantitative estimate of drug-likeness (QED) is 0.502. The Kier molecular flexibility index (Phi) is 6.54. The van der Waals surface area contributed by atoms with Crippen LogP contribution in [0.5, 0.6) is 0 Å². The number of benzene rings is 1. The number of carbonyl (C=O) groups excluding carboxylic acids is 1. The van der Waals surface area contributed by atoms with E-state index < -0.39 is 17.8 Å². The fourth-order valence-electron chi connectivity index (χ4n) is 5.27. The predicted octanol–water partition coefficient (Wildman–Crippen LogP) is 4.14. The van der Waals surface area contributed by atoms with Crippen LogP contribution in [-0.2, 0) is 11.0 Å². The van der Waals surface area contributed by atoms with Crippen molar-refractivity contribution in [1.29, 1.82) is 0 Å². The van der Waals surface area contributed by atoms with Crippen molar-refractivity contribution in [3.63, 3.8) is 0 Å². The van der Waals surface area contributed by atoms with Crippen LogP contribution in [0.25, 0.3) is 11.0 Å². The molecule has 3 aromatic rings. The van der Waals surface area contributed by atoms with Gasteiger partial charge in [-0.25, -0.2) is 9.97 Å². The molecule has 2 aliphatic rings. The number of carbonyl (C=O) groups is 1. The van der Waals surface area contributed by atoms with Crippen molar-refractivity contribution in [2.75, 3.05) is 29.9 Å². The van der Waals surface area contributed by atoms with E-state index in [0.717, 1.165) is 62.0 Å². The van der Waals surface area contributed by atoms with E-state index in [1.54, 1.807) is 6.20 Å². The number of halogens is 4. The number of hydrogen-bond donors (Lipinski definition) is 2. The van der Waals surface area contributed by atoms with Crippen LogP contribution in [0.2, 0.25) is 5.02 Å². The Morgan fingerprint density at radius 1 is 1.14 bits per heavy atom. The minimum atomic E-state index is -4.50. The minimum absolute atomic E-state index is 0.00372. The zero-order valence-corrected chi connectivity index (χ0v) is 19.6. The summed E-state index contributed by atoms with van der Waals surface area (Å²) in [4.78, 5) is 25.3. The molecule has 186 valence electrons. The van der Waals surface area contributed by atoms with Crippen LogP contribution in [0.3, 0.4) is 0 Å². The van der Waals surface area contributed by atoms with Gasteiger partial charge in [0, 0.05) is 35.9 Å². The van der Waals surface area contributed by atoms with Gasteiger partial charge in [-0.3, -0.25) is 10.00 Å². The highest BCUT2D eigenvalue weighted by atomic mass is 35.5. The standard InChI is InChI=1S/C23H25ClF3N7O/c24-15-7-14(23(25,26)27)8-16(9-15)31-19-4-2-6-34(20(19)12-35)17-3-1-5-33(11-17)22-18-10-30-32-21(18)28-13-29-22/h7-10,12-13,17,19-20,31H,1-6,11H2,(H,28,29,30,32)/t17-,19?,20?/m1/s1. The van der Waals surface area contributed by atoms with Crippen LogP contribution < -0.4 is 10.2 Å². The highest BCUT2D eigenvalue weighted by Gasteiger charge is 2.38. The van der Waals surface area contributed by atoms with Crippen molar-refractivity contribution in [3.8, 4) is 0 Å². The van der Waals surface area contributed by atoms with Crippen LogP contribution in [0.15, 0.2) is 30.7 Å². The van der Waals surface area contributed by atoms with Crippen molar-refractivity contribution in [2.45, 2.75) is 50.0 Å². The van der Waals surface area contributed by atoms with E-state index in [1.165, 1.54) is 12.4 Å². The maximum absolute atomic E-state index is 13.3. The first-order chi connectivity index (χ1) is 16.8. The molecule has 5 rings (SSSR count). The van der Waals surface area contributed by atoms with E-state index in [0.29, 0.717) is 18.6 Å². The second-order valence-corrected chi connectivity index (χ2v) is 9.49. The van der Waals surface area contributed by atoms with Gasteiger partial charge in [0.1, 0.15) is 18.4 Å². The third kappa shape index (κ3) is 4.92. The SMILES string of the molecule is O=CC1C(Nc2cc(Cl)cc(C(F)(F)F)c2)CCCN1[C@@H]1CCCN(c2ncnc3[nH]ncc23)C1.